The van der Waals surface area contributed by atoms with Crippen molar-refractivity contribution in [1.82, 2.24) is 13.7 Å². The zero-order chi connectivity index (χ0) is 20.9. The van der Waals surface area contributed by atoms with Crippen molar-refractivity contribution in [2.24, 2.45) is 18.4 Å². The maximum Gasteiger partial charge on any atom is 0.336 e. The highest BCUT2D eigenvalue weighted by Gasteiger charge is 2.23. The van der Waals surface area contributed by atoms with Crippen LogP contribution < -0.4 is 17.1 Å². The van der Waals surface area contributed by atoms with Crippen LogP contribution in [-0.2, 0) is 20.1 Å². The largest absolute Gasteiger partial charge is 0.391 e. The summed E-state index contributed by atoms with van der Waals surface area (Å²) in [5.74, 6) is 0.253. The first-order chi connectivity index (χ1) is 12.4. The number of hydrogen-bond acceptors (Lipinski definition) is 5. The van der Waals surface area contributed by atoms with E-state index in [0.29, 0.717) is 12.8 Å². The van der Waals surface area contributed by atoms with Crippen LogP contribution in [0.25, 0.3) is 0 Å². The summed E-state index contributed by atoms with van der Waals surface area (Å²) >= 11 is 0. The van der Waals surface area contributed by atoms with Crippen LogP contribution in [0.1, 0.15) is 60.3 Å². The second-order valence-electron chi connectivity index (χ2n) is 8.41. The molecule has 1 rings (SSSR count). The average Bonchev–Trinajstić information content (AvgIpc) is 2.60. The molecule has 1 aromatic heterocycles. The lowest BCUT2D eigenvalue weighted by atomic mass is 9.84. The molecule has 0 amide bonds. The number of aliphatic hydroxyl groups is 2. The highest BCUT2D eigenvalue weighted by Crippen LogP contribution is 2.26. The first kappa shape index (κ1) is 23.4. The minimum atomic E-state index is -0.888. The van der Waals surface area contributed by atoms with Crippen molar-refractivity contribution in [1.29, 1.82) is 0 Å². The number of rotatable bonds is 10. The highest BCUT2D eigenvalue weighted by molar-refractivity contribution is 4.81. The van der Waals surface area contributed by atoms with Crippen molar-refractivity contribution >= 4 is 0 Å². The van der Waals surface area contributed by atoms with Gasteiger partial charge in [0.05, 0.1) is 25.3 Å². The first-order valence-corrected chi connectivity index (χ1v) is 9.70. The van der Waals surface area contributed by atoms with E-state index in [-0.39, 0.29) is 24.4 Å². The highest BCUT2D eigenvalue weighted by atomic mass is 16.3. The van der Waals surface area contributed by atoms with Crippen LogP contribution in [0.15, 0.2) is 14.4 Å². The monoisotopic (exact) mass is 385 g/mol. The molecule has 1 heterocycles. The van der Waals surface area contributed by atoms with Gasteiger partial charge in [0.15, 0.2) is 0 Å². The zero-order valence-electron chi connectivity index (χ0n) is 17.4. The Bertz CT molecular complexity index is 790. The lowest BCUT2D eigenvalue weighted by Gasteiger charge is -2.26. The molecular weight excluding hydrogens is 350 g/mol. The molecule has 0 bridgehead atoms. The summed E-state index contributed by atoms with van der Waals surface area (Å²) in [6.07, 6.45) is 0.857. The van der Waals surface area contributed by atoms with E-state index in [1.807, 2.05) is 34.6 Å². The predicted octanol–water partition coefficient (Wildman–Crippen LogP) is 0.693. The first-order valence-electron chi connectivity index (χ1n) is 9.70. The molecule has 8 heteroatoms. The van der Waals surface area contributed by atoms with Gasteiger partial charge in [-0.3, -0.25) is 0 Å². The molecule has 156 valence electrons. The van der Waals surface area contributed by atoms with Crippen LogP contribution in [0.2, 0.25) is 0 Å². The second kappa shape index (κ2) is 9.50. The minimum Gasteiger partial charge on any atom is -0.391 e. The van der Waals surface area contributed by atoms with E-state index in [9.17, 15) is 24.6 Å². The Morgan fingerprint density at radius 1 is 0.926 bits per heavy atom. The number of aliphatic hydroxyl groups excluding tert-OH is 2. The van der Waals surface area contributed by atoms with E-state index in [1.165, 1.54) is 7.05 Å². The molecule has 1 aromatic rings. The van der Waals surface area contributed by atoms with Gasteiger partial charge in [0.2, 0.25) is 0 Å². The van der Waals surface area contributed by atoms with Crippen molar-refractivity contribution in [3.05, 3.63) is 31.5 Å². The molecule has 0 fully saturated rings. The maximum absolute atomic E-state index is 12.7. The summed E-state index contributed by atoms with van der Waals surface area (Å²) in [6, 6.07) is 0. The summed E-state index contributed by atoms with van der Waals surface area (Å²) in [4.78, 5) is 37.5. The van der Waals surface area contributed by atoms with Crippen molar-refractivity contribution in [2.45, 2.75) is 85.6 Å². The Balaban J connectivity index is 3.20. The topological polar surface area (TPSA) is 106 Å². The van der Waals surface area contributed by atoms with Crippen molar-refractivity contribution < 1.29 is 10.2 Å². The van der Waals surface area contributed by atoms with Crippen LogP contribution in [0.4, 0.5) is 0 Å². The molecule has 0 aliphatic heterocycles. The Labute approximate surface area is 160 Å². The number of hydrogen-bond donors (Lipinski definition) is 2. The van der Waals surface area contributed by atoms with Crippen LogP contribution in [0.3, 0.4) is 0 Å². The van der Waals surface area contributed by atoms with E-state index >= 15 is 0 Å². The van der Waals surface area contributed by atoms with Crippen molar-refractivity contribution in [3.8, 4) is 0 Å². The van der Waals surface area contributed by atoms with E-state index in [1.54, 1.807) is 0 Å². The van der Waals surface area contributed by atoms with Crippen LogP contribution in [-0.4, -0.2) is 36.1 Å². The molecule has 3 unspecified atom stereocenters. The van der Waals surface area contributed by atoms with E-state index in [4.69, 9.17) is 0 Å². The summed E-state index contributed by atoms with van der Waals surface area (Å²) in [7, 11) is 1.29. The van der Waals surface area contributed by atoms with Crippen LogP contribution >= 0.6 is 0 Å². The summed E-state index contributed by atoms with van der Waals surface area (Å²) in [6.45, 7) is 9.64. The normalized spacial score (nSPS) is 15.6. The molecule has 0 saturated carbocycles. The molecule has 3 atom stereocenters. The van der Waals surface area contributed by atoms with Gasteiger partial charge in [-0.2, -0.15) is 0 Å². The van der Waals surface area contributed by atoms with Gasteiger partial charge in [0, 0.05) is 7.05 Å². The van der Waals surface area contributed by atoms with Crippen molar-refractivity contribution in [2.75, 3.05) is 0 Å². The Hall–Kier alpha value is -1.67. The third-order valence-electron chi connectivity index (χ3n) is 5.40. The smallest absolute Gasteiger partial charge is 0.336 e. The molecule has 0 aliphatic rings. The molecule has 2 N–H and O–H groups in total. The summed E-state index contributed by atoms with van der Waals surface area (Å²) in [5.41, 5.74) is -2.44. The Morgan fingerprint density at radius 2 is 1.41 bits per heavy atom. The quantitative estimate of drug-likeness (QED) is 0.616. The van der Waals surface area contributed by atoms with Gasteiger partial charge in [-0.05, 0) is 24.2 Å². The van der Waals surface area contributed by atoms with Crippen LogP contribution in [0.5, 0.6) is 0 Å². The molecule has 0 radical (unpaired) electrons. The minimum absolute atomic E-state index is 0.130. The van der Waals surface area contributed by atoms with Gasteiger partial charge < -0.3 is 10.2 Å². The number of nitrogens with zero attached hydrogens (tertiary/aromatic N) is 3. The molecule has 0 aromatic carbocycles. The molecular formula is C19H35N3O5. The van der Waals surface area contributed by atoms with Gasteiger partial charge in [0.1, 0.15) is 0 Å². The molecule has 0 aliphatic carbocycles. The van der Waals surface area contributed by atoms with Gasteiger partial charge in [-0.15, -0.1) is 0 Å². The van der Waals surface area contributed by atoms with Gasteiger partial charge in [-0.1, -0.05) is 47.5 Å². The molecule has 0 saturated heterocycles. The average molecular weight is 386 g/mol. The van der Waals surface area contributed by atoms with E-state index in [2.05, 4.69) is 0 Å². The third kappa shape index (κ3) is 6.17. The lowest BCUT2D eigenvalue weighted by Crippen LogP contribution is -2.55. The maximum atomic E-state index is 12.7. The fourth-order valence-corrected chi connectivity index (χ4v) is 3.04. The summed E-state index contributed by atoms with van der Waals surface area (Å²) < 4.78 is 2.61. The lowest BCUT2D eigenvalue weighted by molar-refractivity contribution is 0.0905. The van der Waals surface area contributed by atoms with Crippen molar-refractivity contribution in [3.63, 3.8) is 0 Å². The fourth-order valence-electron chi connectivity index (χ4n) is 3.04. The third-order valence-corrected chi connectivity index (χ3v) is 5.40. The molecule has 27 heavy (non-hydrogen) atoms. The SMILES string of the molecule is CCC(C)CC(O)Cn1c(=O)n(C)c(=O)n(CC(O)CC(C)(C)CC)c1=O. The number of aromatic nitrogens is 3. The predicted molar refractivity (Wildman–Crippen MR) is 105 cm³/mol. The van der Waals surface area contributed by atoms with Gasteiger partial charge in [0.25, 0.3) is 0 Å². The Morgan fingerprint density at radius 3 is 1.85 bits per heavy atom. The van der Waals surface area contributed by atoms with Gasteiger partial charge in [-0.25, -0.2) is 28.1 Å². The van der Waals surface area contributed by atoms with E-state index < -0.39 is 29.3 Å². The molecule has 8 nitrogen and oxygen atoms in total. The second-order valence-corrected chi connectivity index (χ2v) is 8.41. The fraction of sp³-hybridized carbons (Fsp3) is 0.842. The van der Waals surface area contributed by atoms with E-state index in [0.717, 1.165) is 26.5 Å². The van der Waals surface area contributed by atoms with Crippen LogP contribution in [0, 0.1) is 11.3 Å². The zero-order valence-corrected chi connectivity index (χ0v) is 17.4. The Kier molecular flexibility index (Phi) is 8.23. The van der Waals surface area contributed by atoms with Gasteiger partial charge >= 0.3 is 17.1 Å². The molecule has 0 spiro atoms. The standard InChI is InChI=1S/C19H35N3O5/c1-7-13(3)9-14(23)11-21-16(25)20(6)17(26)22(18(21)27)12-15(24)10-19(4,5)8-2/h13-15,23-24H,7-12H2,1-6H3. The summed E-state index contributed by atoms with van der Waals surface area (Å²) in [5, 5.41) is 20.6.